The lowest BCUT2D eigenvalue weighted by Crippen LogP contribution is -2.29. The Labute approximate surface area is 87.5 Å². The van der Waals surface area contributed by atoms with Crippen LogP contribution in [0, 0.1) is 0 Å². The number of rotatable bonds is 3. The summed E-state index contributed by atoms with van der Waals surface area (Å²) in [6, 6.07) is 4.24. The molecule has 0 radical (unpaired) electrons. The molecule has 1 atom stereocenters. The summed E-state index contributed by atoms with van der Waals surface area (Å²) >= 11 is 1.71. The van der Waals surface area contributed by atoms with Gasteiger partial charge in [-0.2, -0.15) is 0 Å². The quantitative estimate of drug-likeness (QED) is 0.592. The van der Waals surface area contributed by atoms with E-state index in [0.717, 1.165) is 19.4 Å². The summed E-state index contributed by atoms with van der Waals surface area (Å²) in [6.45, 7) is 0.825. The molecule has 1 aromatic heterocycles. The van der Waals surface area contributed by atoms with Crippen LogP contribution in [0.25, 0.3) is 0 Å². The zero-order valence-electron chi connectivity index (χ0n) is 7.90. The van der Waals surface area contributed by atoms with Gasteiger partial charge in [-0.25, -0.2) is 5.43 Å². The van der Waals surface area contributed by atoms with Crippen LogP contribution in [0.3, 0.4) is 0 Å². The van der Waals surface area contributed by atoms with Crippen molar-refractivity contribution in [1.29, 1.82) is 0 Å². The first-order valence-electron chi connectivity index (χ1n) is 4.72. The van der Waals surface area contributed by atoms with Gasteiger partial charge in [0.1, 0.15) is 0 Å². The maximum absolute atomic E-state index is 5.56. The molecule has 0 bridgehead atoms. The first-order valence-corrected chi connectivity index (χ1v) is 5.60. The highest BCUT2D eigenvalue weighted by Crippen LogP contribution is 2.29. The molecule has 14 heavy (non-hydrogen) atoms. The van der Waals surface area contributed by atoms with Gasteiger partial charge in [0.15, 0.2) is 0 Å². The van der Waals surface area contributed by atoms with E-state index in [2.05, 4.69) is 16.9 Å². The van der Waals surface area contributed by atoms with Gasteiger partial charge in [0.25, 0.3) is 0 Å². The minimum Gasteiger partial charge on any atom is -0.501 e. The Morgan fingerprint density at radius 2 is 2.50 bits per heavy atom. The predicted octanol–water partition coefficient (Wildman–Crippen LogP) is 1.95. The molecular weight excluding hydrogens is 196 g/mol. The van der Waals surface area contributed by atoms with E-state index in [0.29, 0.717) is 0 Å². The largest absolute Gasteiger partial charge is 0.501 e. The standard InChI is InChI=1S/C10H14N2OS/c11-12-10(9-4-2-6-14-9)8-3-1-5-13-7-8/h2,4,6-7,10,12H,1,3,5,11H2. The van der Waals surface area contributed by atoms with Gasteiger partial charge in [0, 0.05) is 4.88 Å². The van der Waals surface area contributed by atoms with Gasteiger partial charge in [-0.15, -0.1) is 11.3 Å². The monoisotopic (exact) mass is 210 g/mol. The highest BCUT2D eigenvalue weighted by atomic mass is 32.1. The number of ether oxygens (including phenoxy) is 1. The van der Waals surface area contributed by atoms with Gasteiger partial charge in [0.05, 0.1) is 18.9 Å². The number of hydrazine groups is 1. The average molecular weight is 210 g/mol. The van der Waals surface area contributed by atoms with Gasteiger partial charge < -0.3 is 4.74 Å². The second-order valence-corrected chi connectivity index (χ2v) is 4.26. The summed E-state index contributed by atoms with van der Waals surface area (Å²) in [4.78, 5) is 1.24. The van der Waals surface area contributed by atoms with Gasteiger partial charge in [0.2, 0.25) is 0 Å². The van der Waals surface area contributed by atoms with Crippen molar-refractivity contribution in [2.75, 3.05) is 6.61 Å². The average Bonchev–Trinajstić information content (AvgIpc) is 2.74. The molecule has 1 aliphatic heterocycles. The Bertz CT molecular complexity index is 308. The van der Waals surface area contributed by atoms with Crippen molar-refractivity contribution in [2.24, 2.45) is 5.84 Å². The van der Waals surface area contributed by atoms with E-state index in [1.54, 1.807) is 11.3 Å². The Morgan fingerprint density at radius 1 is 1.57 bits per heavy atom. The minimum atomic E-state index is 0.121. The molecule has 1 unspecified atom stereocenters. The molecular formula is C10H14N2OS. The second kappa shape index (κ2) is 4.59. The van der Waals surface area contributed by atoms with Gasteiger partial charge in [-0.3, -0.25) is 5.84 Å². The fourth-order valence-corrected chi connectivity index (χ4v) is 2.45. The third-order valence-corrected chi connectivity index (χ3v) is 3.26. The van der Waals surface area contributed by atoms with Crippen molar-refractivity contribution in [3.05, 3.63) is 34.2 Å². The van der Waals surface area contributed by atoms with Crippen LogP contribution in [0.2, 0.25) is 0 Å². The molecule has 1 aromatic rings. The molecule has 2 heterocycles. The third-order valence-electron chi connectivity index (χ3n) is 2.33. The maximum Gasteiger partial charge on any atom is 0.0876 e. The van der Waals surface area contributed by atoms with Crippen LogP contribution in [-0.4, -0.2) is 6.61 Å². The normalized spacial score (nSPS) is 18.5. The van der Waals surface area contributed by atoms with Crippen LogP contribution >= 0.6 is 11.3 Å². The molecule has 2 rings (SSSR count). The number of hydrogen-bond acceptors (Lipinski definition) is 4. The number of nitrogens with two attached hydrogens (primary N) is 1. The van der Waals surface area contributed by atoms with E-state index in [1.165, 1.54) is 10.5 Å². The number of nitrogens with one attached hydrogen (secondary N) is 1. The Kier molecular flexibility index (Phi) is 3.18. The van der Waals surface area contributed by atoms with Crippen molar-refractivity contribution >= 4 is 11.3 Å². The minimum absolute atomic E-state index is 0.121. The van der Waals surface area contributed by atoms with Crippen molar-refractivity contribution in [1.82, 2.24) is 5.43 Å². The molecule has 0 spiro atoms. The van der Waals surface area contributed by atoms with Crippen LogP contribution in [0.15, 0.2) is 29.3 Å². The highest BCUT2D eigenvalue weighted by molar-refractivity contribution is 7.10. The van der Waals surface area contributed by atoms with Crippen LogP contribution in [0.4, 0.5) is 0 Å². The molecule has 0 saturated heterocycles. The lowest BCUT2D eigenvalue weighted by molar-refractivity contribution is 0.219. The van der Waals surface area contributed by atoms with E-state index in [4.69, 9.17) is 10.6 Å². The molecule has 4 heteroatoms. The van der Waals surface area contributed by atoms with Crippen molar-refractivity contribution in [3.63, 3.8) is 0 Å². The second-order valence-electron chi connectivity index (χ2n) is 3.28. The van der Waals surface area contributed by atoms with E-state index in [-0.39, 0.29) is 6.04 Å². The molecule has 3 nitrogen and oxygen atoms in total. The fourth-order valence-electron chi connectivity index (χ4n) is 1.62. The van der Waals surface area contributed by atoms with Crippen molar-refractivity contribution in [2.45, 2.75) is 18.9 Å². The van der Waals surface area contributed by atoms with Crippen molar-refractivity contribution in [3.8, 4) is 0 Å². The number of hydrogen-bond donors (Lipinski definition) is 2. The SMILES string of the molecule is NNC(C1=COCCC1)c1cccs1. The van der Waals surface area contributed by atoms with Gasteiger partial charge in [-0.05, 0) is 29.9 Å². The smallest absolute Gasteiger partial charge is 0.0876 e. The Balaban J connectivity index is 2.16. The summed E-state index contributed by atoms with van der Waals surface area (Å²) in [5.74, 6) is 5.56. The summed E-state index contributed by atoms with van der Waals surface area (Å²) in [5.41, 5.74) is 4.07. The first kappa shape index (κ1) is 9.71. The summed E-state index contributed by atoms with van der Waals surface area (Å²) in [6.07, 6.45) is 3.98. The summed E-state index contributed by atoms with van der Waals surface area (Å²) < 4.78 is 5.31. The zero-order chi connectivity index (χ0) is 9.80. The maximum atomic E-state index is 5.56. The summed E-state index contributed by atoms with van der Waals surface area (Å²) in [5, 5.41) is 2.06. The van der Waals surface area contributed by atoms with Crippen LogP contribution < -0.4 is 11.3 Å². The molecule has 0 amide bonds. The van der Waals surface area contributed by atoms with Crippen LogP contribution in [0.1, 0.15) is 23.8 Å². The van der Waals surface area contributed by atoms with E-state index < -0.39 is 0 Å². The zero-order valence-corrected chi connectivity index (χ0v) is 8.72. The van der Waals surface area contributed by atoms with E-state index in [9.17, 15) is 0 Å². The molecule has 76 valence electrons. The van der Waals surface area contributed by atoms with E-state index >= 15 is 0 Å². The lowest BCUT2D eigenvalue weighted by Gasteiger charge is -2.21. The highest BCUT2D eigenvalue weighted by Gasteiger charge is 2.18. The van der Waals surface area contributed by atoms with E-state index in [1.807, 2.05) is 12.3 Å². The third kappa shape index (κ3) is 1.97. The number of thiophene rings is 1. The van der Waals surface area contributed by atoms with Crippen LogP contribution in [-0.2, 0) is 4.74 Å². The summed E-state index contributed by atoms with van der Waals surface area (Å²) in [7, 11) is 0. The van der Waals surface area contributed by atoms with Gasteiger partial charge >= 0.3 is 0 Å². The molecule has 0 aromatic carbocycles. The Morgan fingerprint density at radius 3 is 3.07 bits per heavy atom. The molecule has 0 aliphatic carbocycles. The Hall–Kier alpha value is -0.840. The predicted molar refractivity (Wildman–Crippen MR) is 57.7 cm³/mol. The lowest BCUT2D eigenvalue weighted by atomic mass is 10.0. The van der Waals surface area contributed by atoms with Crippen molar-refractivity contribution < 1.29 is 4.74 Å². The topological polar surface area (TPSA) is 47.3 Å². The molecule has 1 aliphatic rings. The fraction of sp³-hybridized carbons (Fsp3) is 0.400. The molecule has 3 N–H and O–H groups in total. The first-order chi connectivity index (χ1) is 6.92. The van der Waals surface area contributed by atoms with Gasteiger partial charge in [-0.1, -0.05) is 6.07 Å². The molecule has 0 saturated carbocycles. The van der Waals surface area contributed by atoms with Crippen LogP contribution in [0.5, 0.6) is 0 Å². The molecule has 0 fully saturated rings.